The summed E-state index contributed by atoms with van der Waals surface area (Å²) >= 11 is 0. The summed E-state index contributed by atoms with van der Waals surface area (Å²) in [6.07, 6.45) is 1.70. The highest BCUT2D eigenvalue weighted by atomic mass is 16.8. The highest BCUT2D eigenvalue weighted by Crippen LogP contribution is 2.39. The van der Waals surface area contributed by atoms with E-state index in [9.17, 15) is 0 Å². The Kier molecular flexibility index (Phi) is 4.05. The lowest BCUT2D eigenvalue weighted by Gasteiger charge is -2.24. The molecule has 0 bridgehead atoms. The quantitative estimate of drug-likeness (QED) is 0.748. The first-order chi connectivity index (χ1) is 11.8. The average molecular weight is 329 g/mol. The molecule has 7 heteroatoms. The summed E-state index contributed by atoms with van der Waals surface area (Å²) in [7, 11) is 0. The topological polar surface area (TPSA) is 82.4 Å². The Morgan fingerprint density at radius 2 is 2.29 bits per heavy atom. The van der Waals surface area contributed by atoms with E-state index in [0.29, 0.717) is 37.8 Å². The first-order valence-corrected chi connectivity index (χ1v) is 8.02. The summed E-state index contributed by atoms with van der Waals surface area (Å²) < 4.78 is 23.7. The number of benzene rings is 1. The Hall–Kier alpha value is -2.22. The van der Waals surface area contributed by atoms with Crippen molar-refractivity contribution in [1.29, 1.82) is 0 Å². The maximum atomic E-state index is 6.21. The largest absolute Gasteiger partial charge is 0.455 e. The standard InChI is InChI=1S/C17H19N3O4/c1-2-21-9-13-10-22-17(24-13,8-16-18-11-19-20-16)15-7-12-5-3-4-6-14(12)23-15/h3-7,11,13H,2,8-10H2,1H3,(H,18,19,20)/t13-,17-/m0/s1. The molecule has 126 valence electrons. The smallest absolute Gasteiger partial charge is 0.236 e. The van der Waals surface area contributed by atoms with Crippen molar-refractivity contribution in [3.63, 3.8) is 0 Å². The van der Waals surface area contributed by atoms with Crippen LogP contribution in [0, 0.1) is 0 Å². The zero-order valence-corrected chi connectivity index (χ0v) is 13.4. The maximum absolute atomic E-state index is 6.21. The van der Waals surface area contributed by atoms with Crippen LogP contribution < -0.4 is 0 Å². The molecule has 1 aliphatic rings. The molecule has 1 N–H and O–H groups in total. The van der Waals surface area contributed by atoms with Gasteiger partial charge in [0.05, 0.1) is 19.6 Å². The first kappa shape index (κ1) is 15.3. The Labute approximate surface area is 138 Å². The third kappa shape index (κ3) is 2.82. The summed E-state index contributed by atoms with van der Waals surface area (Å²) in [5.41, 5.74) is 0.796. The van der Waals surface area contributed by atoms with Crippen LogP contribution in [0.4, 0.5) is 0 Å². The van der Waals surface area contributed by atoms with Gasteiger partial charge in [0.15, 0.2) is 5.76 Å². The molecule has 24 heavy (non-hydrogen) atoms. The van der Waals surface area contributed by atoms with Crippen molar-refractivity contribution in [3.05, 3.63) is 48.2 Å². The predicted octanol–water partition coefficient (Wildman–Crippen LogP) is 2.40. The highest BCUT2D eigenvalue weighted by molar-refractivity contribution is 5.77. The van der Waals surface area contributed by atoms with Gasteiger partial charge in [0, 0.05) is 12.0 Å². The number of H-pyrrole nitrogens is 1. The van der Waals surface area contributed by atoms with Crippen LogP contribution in [-0.2, 0) is 26.4 Å². The summed E-state index contributed by atoms with van der Waals surface area (Å²) in [4.78, 5) is 4.19. The fraction of sp³-hybridized carbons (Fsp3) is 0.412. The third-order valence-corrected chi connectivity index (χ3v) is 4.03. The van der Waals surface area contributed by atoms with E-state index in [-0.39, 0.29) is 6.10 Å². The molecule has 1 fully saturated rings. The normalized spacial score (nSPS) is 24.0. The fourth-order valence-corrected chi connectivity index (χ4v) is 2.91. The van der Waals surface area contributed by atoms with Crippen LogP contribution >= 0.6 is 0 Å². The number of nitrogens with one attached hydrogen (secondary N) is 1. The van der Waals surface area contributed by atoms with Gasteiger partial charge < -0.3 is 18.6 Å². The molecule has 0 radical (unpaired) electrons. The van der Waals surface area contributed by atoms with E-state index in [2.05, 4.69) is 15.2 Å². The second-order valence-corrected chi connectivity index (χ2v) is 5.72. The minimum absolute atomic E-state index is 0.152. The van der Waals surface area contributed by atoms with Gasteiger partial charge in [-0.3, -0.25) is 5.10 Å². The van der Waals surface area contributed by atoms with Gasteiger partial charge in [-0.15, -0.1) is 0 Å². The van der Waals surface area contributed by atoms with E-state index in [0.717, 1.165) is 11.0 Å². The van der Waals surface area contributed by atoms with Crippen molar-refractivity contribution in [2.45, 2.75) is 25.2 Å². The summed E-state index contributed by atoms with van der Waals surface area (Å²) in [6.45, 7) is 3.51. The molecule has 1 aliphatic heterocycles. The van der Waals surface area contributed by atoms with Crippen LogP contribution in [0.1, 0.15) is 18.5 Å². The molecule has 4 rings (SSSR count). The average Bonchev–Trinajstić information content (AvgIpc) is 3.33. The summed E-state index contributed by atoms with van der Waals surface area (Å²) in [6, 6.07) is 9.78. The molecule has 1 saturated heterocycles. The molecule has 3 heterocycles. The molecule has 0 aliphatic carbocycles. The predicted molar refractivity (Wildman–Crippen MR) is 85.3 cm³/mol. The van der Waals surface area contributed by atoms with Gasteiger partial charge >= 0.3 is 0 Å². The lowest BCUT2D eigenvalue weighted by atomic mass is 10.1. The molecule has 0 unspecified atom stereocenters. The highest BCUT2D eigenvalue weighted by Gasteiger charge is 2.47. The first-order valence-electron chi connectivity index (χ1n) is 8.02. The fourth-order valence-electron chi connectivity index (χ4n) is 2.91. The van der Waals surface area contributed by atoms with Gasteiger partial charge in [-0.1, -0.05) is 18.2 Å². The van der Waals surface area contributed by atoms with Crippen molar-refractivity contribution < 1.29 is 18.6 Å². The van der Waals surface area contributed by atoms with E-state index in [1.165, 1.54) is 6.33 Å². The molecular formula is C17H19N3O4. The number of hydrogen-bond donors (Lipinski definition) is 1. The molecule has 0 spiro atoms. The number of aromatic nitrogens is 3. The minimum atomic E-state index is -1.03. The van der Waals surface area contributed by atoms with Crippen molar-refractivity contribution in [2.75, 3.05) is 19.8 Å². The van der Waals surface area contributed by atoms with Crippen LogP contribution in [0.2, 0.25) is 0 Å². The molecule has 7 nitrogen and oxygen atoms in total. The van der Waals surface area contributed by atoms with Crippen molar-refractivity contribution in [3.8, 4) is 0 Å². The van der Waals surface area contributed by atoms with Crippen LogP contribution in [0.3, 0.4) is 0 Å². The number of para-hydroxylation sites is 1. The van der Waals surface area contributed by atoms with Crippen LogP contribution in [0.25, 0.3) is 11.0 Å². The lowest BCUT2D eigenvalue weighted by Crippen LogP contribution is -2.32. The molecule has 2 aromatic heterocycles. The zero-order valence-electron chi connectivity index (χ0n) is 13.4. The molecule has 2 atom stereocenters. The van der Waals surface area contributed by atoms with E-state index in [4.69, 9.17) is 18.6 Å². The van der Waals surface area contributed by atoms with Gasteiger partial charge in [0.2, 0.25) is 5.79 Å². The number of furan rings is 1. The van der Waals surface area contributed by atoms with E-state index < -0.39 is 5.79 Å². The minimum Gasteiger partial charge on any atom is -0.455 e. The van der Waals surface area contributed by atoms with E-state index >= 15 is 0 Å². The Morgan fingerprint density at radius 3 is 3.08 bits per heavy atom. The molecule has 0 amide bonds. The van der Waals surface area contributed by atoms with Gasteiger partial charge in [0.25, 0.3) is 0 Å². The maximum Gasteiger partial charge on any atom is 0.236 e. The van der Waals surface area contributed by atoms with Crippen LogP contribution in [0.5, 0.6) is 0 Å². The zero-order chi connectivity index (χ0) is 16.4. The number of aromatic amines is 1. The Morgan fingerprint density at radius 1 is 1.38 bits per heavy atom. The van der Waals surface area contributed by atoms with Gasteiger partial charge in [0.1, 0.15) is 23.8 Å². The molecule has 0 saturated carbocycles. The van der Waals surface area contributed by atoms with E-state index in [1.807, 2.05) is 37.3 Å². The number of ether oxygens (including phenoxy) is 3. The third-order valence-electron chi connectivity index (χ3n) is 4.03. The SMILES string of the molecule is CCOC[C@H]1CO[C@](Cc2ncn[nH]2)(c2cc3ccccc3o2)O1. The monoisotopic (exact) mass is 329 g/mol. The van der Waals surface area contributed by atoms with E-state index in [1.54, 1.807) is 0 Å². The number of hydrogen-bond acceptors (Lipinski definition) is 6. The summed E-state index contributed by atoms with van der Waals surface area (Å²) in [5, 5.41) is 7.76. The molecular weight excluding hydrogens is 310 g/mol. The second-order valence-electron chi connectivity index (χ2n) is 5.72. The van der Waals surface area contributed by atoms with Gasteiger partial charge in [-0.2, -0.15) is 5.10 Å². The Balaban J connectivity index is 1.67. The number of rotatable bonds is 6. The Bertz CT molecular complexity index is 768. The lowest BCUT2D eigenvalue weighted by molar-refractivity contribution is -0.192. The van der Waals surface area contributed by atoms with Crippen molar-refractivity contribution >= 4 is 11.0 Å². The van der Waals surface area contributed by atoms with Crippen LogP contribution in [0.15, 0.2) is 41.1 Å². The molecule has 1 aromatic carbocycles. The molecule has 3 aromatic rings. The number of fused-ring (bicyclic) bond motifs is 1. The van der Waals surface area contributed by atoms with Gasteiger partial charge in [-0.25, -0.2) is 4.98 Å². The number of nitrogens with zero attached hydrogens (tertiary/aromatic N) is 2. The summed E-state index contributed by atoms with van der Waals surface area (Å²) in [5.74, 6) is 0.270. The van der Waals surface area contributed by atoms with Crippen molar-refractivity contribution in [1.82, 2.24) is 15.2 Å². The van der Waals surface area contributed by atoms with Crippen molar-refractivity contribution in [2.24, 2.45) is 0 Å². The van der Waals surface area contributed by atoms with Gasteiger partial charge in [-0.05, 0) is 19.1 Å². The second kappa shape index (κ2) is 6.35. The van der Waals surface area contributed by atoms with Crippen LogP contribution in [-0.4, -0.2) is 41.1 Å².